The van der Waals surface area contributed by atoms with Crippen LogP contribution in [0.5, 0.6) is 5.75 Å². The van der Waals surface area contributed by atoms with Gasteiger partial charge < -0.3 is 19.5 Å². The lowest BCUT2D eigenvalue weighted by molar-refractivity contribution is 0.144. The van der Waals surface area contributed by atoms with Crippen LogP contribution in [-0.4, -0.2) is 40.7 Å². The highest BCUT2D eigenvalue weighted by molar-refractivity contribution is 5.75. The first-order chi connectivity index (χ1) is 12.5. The Labute approximate surface area is 155 Å². The molecule has 1 N–H and O–H groups in total. The molecule has 3 unspecified atom stereocenters. The molecule has 3 atom stereocenters. The highest BCUT2D eigenvalue weighted by Crippen LogP contribution is 2.26. The first-order valence-electron chi connectivity index (χ1n) is 9.14. The summed E-state index contributed by atoms with van der Waals surface area (Å²) < 4.78 is 7.29. The number of nitrogens with zero attached hydrogens (tertiary/aromatic N) is 3. The van der Waals surface area contributed by atoms with Gasteiger partial charge in [-0.25, -0.2) is 9.78 Å². The van der Waals surface area contributed by atoms with E-state index >= 15 is 0 Å². The normalized spacial score (nSPS) is 21.3. The molecule has 0 spiro atoms. The summed E-state index contributed by atoms with van der Waals surface area (Å²) >= 11 is 0. The van der Waals surface area contributed by atoms with Crippen molar-refractivity contribution < 1.29 is 9.53 Å². The molecule has 6 nitrogen and oxygen atoms in total. The molecule has 26 heavy (non-hydrogen) atoms. The Kier molecular flexibility index (Phi) is 5.49. The molecule has 1 aliphatic heterocycles. The van der Waals surface area contributed by atoms with Crippen molar-refractivity contribution in [3.8, 4) is 5.75 Å². The summed E-state index contributed by atoms with van der Waals surface area (Å²) in [5.41, 5.74) is 0.949. The van der Waals surface area contributed by atoms with Crippen molar-refractivity contribution in [2.75, 3.05) is 20.2 Å². The molecule has 1 aliphatic rings. The number of carbonyl (C=O) groups excluding carboxylic acids is 1. The fraction of sp³-hybridized carbons (Fsp3) is 0.500. The van der Waals surface area contributed by atoms with Crippen molar-refractivity contribution >= 4 is 6.03 Å². The molecule has 1 aromatic heterocycles. The number of rotatable bonds is 4. The fourth-order valence-electron chi connectivity index (χ4n) is 3.82. The number of imidazole rings is 1. The van der Waals surface area contributed by atoms with Crippen LogP contribution < -0.4 is 10.1 Å². The molecule has 1 fully saturated rings. The number of likely N-dealkylation sites (tertiary alicyclic amines) is 1. The number of urea groups is 1. The Hall–Kier alpha value is -2.50. The standard InChI is InChI=1S/C20H28N4O2/c1-14-10-15(2)13-24(12-14)20(25)22-18(19-21-8-9-23(19)3)16-6-5-7-17(11-16)26-4/h5-9,11,14-15,18H,10,12-13H2,1-4H3,(H,22,25). The quantitative estimate of drug-likeness (QED) is 0.915. The molecule has 3 rings (SSSR count). The topological polar surface area (TPSA) is 59.4 Å². The van der Waals surface area contributed by atoms with Gasteiger partial charge in [-0.05, 0) is 36.0 Å². The van der Waals surface area contributed by atoms with E-state index in [-0.39, 0.29) is 12.1 Å². The van der Waals surface area contributed by atoms with Crippen molar-refractivity contribution in [2.45, 2.75) is 26.3 Å². The second-order valence-electron chi connectivity index (χ2n) is 7.41. The fourth-order valence-corrected chi connectivity index (χ4v) is 3.82. The zero-order chi connectivity index (χ0) is 18.7. The minimum absolute atomic E-state index is 0.0424. The summed E-state index contributed by atoms with van der Waals surface area (Å²) in [6, 6.07) is 7.39. The van der Waals surface area contributed by atoms with E-state index in [0.717, 1.165) is 30.2 Å². The Balaban J connectivity index is 1.86. The summed E-state index contributed by atoms with van der Waals surface area (Å²) in [4.78, 5) is 19.4. The summed E-state index contributed by atoms with van der Waals surface area (Å²) in [6.07, 6.45) is 4.81. The molecule has 2 aromatic rings. The second kappa shape index (κ2) is 7.81. The van der Waals surface area contributed by atoms with Gasteiger partial charge in [0.2, 0.25) is 0 Å². The summed E-state index contributed by atoms with van der Waals surface area (Å²) in [5.74, 6) is 2.60. The van der Waals surface area contributed by atoms with E-state index in [2.05, 4.69) is 24.1 Å². The van der Waals surface area contributed by atoms with E-state index in [9.17, 15) is 4.79 Å². The van der Waals surface area contributed by atoms with Crippen LogP contribution in [0.3, 0.4) is 0 Å². The number of piperidine rings is 1. The van der Waals surface area contributed by atoms with E-state index in [1.54, 1.807) is 13.3 Å². The Morgan fingerprint density at radius 1 is 1.31 bits per heavy atom. The monoisotopic (exact) mass is 356 g/mol. The van der Waals surface area contributed by atoms with Gasteiger partial charge in [-0.2, -0.15) is 0 Å². The minimum atomic E-state index is -0.329. The zero-order valence-corrected chi connectivity index (χ0v) is 16.0. The van der Waals surface area contributed by atoms with Crippen LogP contribution in [0.15, 0.2) is 36.7 Å². The minimum Gasteiger partial charge on any atom is -0.497 e. The predicted molar refractivity (Wildman–Crippen MR) is 101 cm³/mol. The summed E-state index contributed by atoms with van der Waals surface area (Å²) in [6.45, 7) is 5.99. The van der Waals surface area contributed by atoms with Crippen LogP contribution >= 0.6 is 0 Å². The van der Waals surface area contributed by atoms with E-state index in [0.29, 0.717) is 11.8 Å². The average Bonchev–Trinajstić information content (AvgIpc) is 3.04. The Morgan fingerprint density at radius 3 is 2.65 bits per heavy atom. The summed E-state index contributed by atoms with van der Waals surface area (Å²) in [7, 11) is 3.58. The van der Waals surface area contributed by atoms with Gasteiger partial charge >= 0.3 is 6.03 Å². The first kappa shape index (κ1) is 18.3. The molecule has 1 saturated heterocycles. The van der Waals surface area contributed by atoms with Crippen LogP contribution in [0.2, 0.25) is 0 Å². The average molecular weight is 356 g/mol. The highest BCUT2D eigenvalue weighted by atomic mass is 16.5. The second-order valence-corrected chi connectivity index (χ2v) is 7.41. The summed E-state index contributed by atoms with van der Waals surface area (Å²) in [5, 5.41) is 3.19. The number of aryl methyl sites for hydroxylation is 1. The lowest BCUT2D eigenvalue weighted by Crippen LogP contribution is -2.48. The SMILES string of the molecule is COc1cccc(C(NC(=O)N2CC(C)CC(C)C2)c2nccn2C)c1. The molecule has 2 amide bonds. The van der Waals surface area contributed by atoms with Crippen molar-refractivity contribution in [2.24, 2.45) is 18.9 Å². The van der Waals surface area contributed by atoms with Crippen molar-refractivity contribution in [3.05, 3.63) is 48.0 Å². The highest BCUT2D eigenvalue weighted by Gasteiger charge is 2.28. The molecule has 0 radical (unpaired) electrons. The van der Waals surface area contributed by atoms with Gasteiger partial charge in [0.1, 0.15) is 17.6 Å². The maximum Gasteiger partial charge on any atom is 0.318 e. The molecular weight excluding hydrogens is 328 g/mol. The maximum atomic E-state index is 13.0. The third kappa shape index (κ3) is 4.00. The van der Waals surface area contributed by atoms with Gasteiger partial charge in [-0.15, -0.1) is 0 Å². The molecule has 2 heterocycles. The van der Waals surface area contributed by atoms with Crippen LogP contribution in [0.4, 0.5) is 4.79 Å². The van der Waals surface area contributed by atoms with Crippen molar-refractivity contribution in [1.29, 1.82) is 0 Å². The van der Waals surface area contributed by atoms with Gasteiger partial charge in [-0.3, -0.25) is 0 Å². The lowest BCUT2D eigenvalue weighted by atomic mass is 9.92. The van der Waals surface area contributed by atoms with Crippen LogP contribution in [0.1, 0.15) is 37.7 Å². The van der Waals surface area contributed by atoms with Crippen LogP contribution in [0.25, 0.3) is 0 Å². The Bertz CT molecular complexity index is 748. The van der Waals surface area contributed by atoms with Gasteiger partial charge in [0.25, 0.3) is 0 Å². The number of hydrogen-bond acceptors (Lipinski definition) is 3. The number of benzene rings is 1. The van der Waals surface area contributed by atoms with E-state index in [4.69, 9.17) is 4.74 Å². The molecule has 0 bridgehead atoms. The maximum absolute atomic E-state index is 13.0. The number of methoxy groups -OCH3 is 1. The molecule has 140 valence electrons. The molecule has 6 heteroatoms. The lowest BCUT2D eigenvalue weighted by Gasteiger charge is -2.36. The van der Waals surface area contributed by atoms with Gasteiger partial charge in [0, 0.05) is 32.5 Å². The molecule has 0 saturated carbocycles. The number of hydrogen-bond donors (Lipinski definition) is 1. The predicted octanol–water partition coefficient (Wildman–Crippen LogP) is 3.21. The number of ether oxygens (including phenoxy) is 1. The van der Waals surface area contributed by atoms with E-state index < -0.39 is 0 Å². The van der Waals surface area contributed by atoms with Gasteiger partial charge in [0.05, 0.1) is 7.11 Å². The largest absolute Gasteiger partial charge is 0.497 e. The Morgan fingerprint density at radius 2 is 2.04 bits per heavy atom. The van der Waals surface area contributed by atoms with Gasteiger partial charge in [-0.1, -0.05) is 26.0 Å². The zero-order valence-electron chi connectivity index (χ0n) is 16.0. The number of amides is 2. The number of carbonyl (C=O) groups is 1. The van der Waals surface area contributed by atoms with Crippen molar-refractivity contribution in [1.82, 2.24) is 19.8 Å². The van der Waals surface area contributed by atoms with E-state index in [1.165, 1.54) is 6.42 Å². The van der Waals surface area contributed by atoms with Crippen LogP contribution in [0, 0.1) is 11.8 Å². The molecule has 1 aromatic carbocycles. The smallest absolute Gasteiger partial charge is 0.318 e. The molecular formula is C20H28N4O2. The first-order valence-corrected chi connectivity index (χ1v) is 9.14. The number of nitrogens with one attached hydrogen (secondary N) is 1. The molecule has 0 aliphatic carbocycles. The third-order valence-corrected chi connectivity index (χ3v) is 4.97. The third-order valence-electron chi connectivity index (χ3n) is 4.97. The number of aromatic nitrogens is 2. The van der Waals surface area contributed by atoms with Gasteiger partial charge in [0.15, 0.2) is 0 Å². The van der Waals surface area contributed by atoms with Crippen LogP contribution in [-0.2, 0) is 7.05 Å². The van der Waals surface area contributed by atoms with E-state index in [1.807, 2.05) is 47.0 Å². The van der Waals surface area contributed by atoms with Crippen molar-refractivity contribution in [3.63, 3.8) is 0 Å².